The van der Waals surface area contributed by atoms with Gasteiger partial charge in [0.2, 0.25) is 0 Å². The highest BCUT2D eigenvalue weighted by Gasteiger charge is 2.25. The summed E-state index contributed by atoms with van der Waals surface area (Å²) in [6.45, 7) is 2.10. The molecule has 1 aromatic rings. The third kappa shape index (κ3) is 3.52. The number of thiol groups is 1. The lowest BCUT2D eigenvalue weighted by Gasteiger charge is -2.35. The van der Waals surface area contributed by atoms with Crippen molar-refractivity contribution >= 4 is 34.5 Å². The van der Waals surface area contributed by atoms with Crippen LogP contribution in [0.1, 0.15) is 23.2 Å². The van der Waals surface area contributed by atoms with Crippen LogP contribution in [0.15, 0.2) is 27.6 Å². The number of nitrogens with zero attached hydrogens (tertiary/aromatic N) is 2. The lowest BCUT2D eigenvalue weighted by molar-refractivity contribution is 0.0658. The molecular formula is C14H19BrN2OS. The van der Waals surface area contributed by atoms with Crippen LogP contribution in [0.2, 0.25) is 0 Å². The number of likely N-dealkylation sites (tertiary alicyclic amines) is 1. The molecular weight excluding hydrogens is 324 g/mol. The van der Waals surface area contributed by atoms with Crippen LogP contribution in [0.25, 0.3) is 0 Å². The Labute approximate surface area is 128 Å². The van der Waals surface area contributed by atoms with E-state index in [0.717, 1.165) is 35.3 Å². The third-order valence-corrected chi connectivity index (χ3v) is 4.71. The Hall–Kier alpha value is -0.520. The van der Waals surface area contributed by atoms with Crippen LogP contribution in [0, 0.1) is 0 Å². The van der Waals surface area contributed by atoms with Gasteiger partial charge < -0.3 is 9.80 Å². The van der Waals surface area contributed by atoms with Crippen molar-refractivity contribution in [2.24, 2.45) is 0 Å². The Morgan fingerprint density at radius 2 is 2.05 bits per heavy atom. The molecule has 0 bridgehead atoms. The molecule has 1 heterocycles. The first kappa shape index (κ1) is 14.9. The summed E-state index contributed by atoms with van der Waals surface area (Å²) in [5, 5.41) is 0. The maximum atomic E-state index is 12.5. The Kier molecular flexibility index (Phi) is 4.92. The molecule has 0 radical (unpaired) electrons. The van der Waals surface area contributed by atoms with Crippen molar-refractivity contribution in [3.63, 3.8) is 0 Å². The van der Waals surface area contributed by atoms with Crippen molar-refractivity contribution in [2.75, 3.05) is 27.2 Å². The monoisotopic (exact) mass is 342 g/mol. The number of carbonyl (C=O) groups is 1. The van der Waals surface area contributed by atoms with Gasteiger partial charge in [0, 0.05) is 22.5 Å². The standard InChI is InChI=1S/C14H19BrN2OS/c1-16-7-5-10(6-8-16)17(2)14(18)12-9-11(19)3-4-13(12)15/h3-4,9-10,19H,5-8H2,1-2H3. The topological polar surface area (TPSA) is 23.6 Å². The molecule has 1 saturated heterocycles. The highest BCUT2D eigenvalue weighted by Crippen LogP contribution is 2.24. The second-order valence-electron chi connectivity index (χ2n) is 5.11. The maximum absolute atomic E-state index is 12.5. The van der Waals surface area contributed by atoms with Gasteiger partial charge in [0.15, 0.2) is 0 Å². The number of hydrogen-bond acceptors (Lipinski definition) is 3. The van der Waals surface area contributed by atoms with Gasteiger partial charge in [-0.05, 0) is 67.1 Å². The summed E-state index contributed by atoms with van der Waals surface area (Å²) in [6, 6.07) is 5.90. The third-order valence-electron chi connectivity index (χ3n) is 3.74. The number of piperidine rings is 1. The minimum atomic E-state index is 0.0670. The largest absolute Gasteiger partial charge is 0.339 e. The van der Waals surface area contributed by atoms with E-state index in [1.54, 1.807) is 0 Å². The van der Waals surface area contributed by atoms with Crippen LogP contribution in [0.3, 0.4) is 0 Å². The van der Waals surface area contributed by atoms with Gasteiger partial charge in [-0.25, -0.2) is 0 Å². The molecule has 2 rings (SSSR count). The molecule has 0 unspecified atom stereocenters. The number of halogens is 1. The summed E-state index contributed by atoms with van der Waals surface area (Å²) in [4.78, 5) is 17.5. The molecule has 0 spiro atoms. The molecule has 0 atom stereocenters. The highest BCUT2D eigenvalue weighted by atomic mass is 79.9. The zero-order valence-corrected chi connectivity index (χ0v) is 13.7. The van der Waals surface area contributed by atoms with Gasteiger partial charge in [-0.1, -0.05) is 0 Å². The minimum Gasteiger partial charge on any atom is -0.339 e. The lowest BCUT2D eigenvalue weighted by Crippen LogP contribution is -2.44. The van der Waals surface area contributed by atoms with E-state index in [1.807, 2.05) is 30.1 Å². The van der Waals surface area contributed by atoms with Crippen LogP contribution < -0.4 is 0 Å². The summed E-state index contributed by atoms with van der Waals surface area (Å²) >= 11 is 7.75. The van der Waals surface area contributed by atoms with Gasteiger partial charge in [0.05, 0.1) is 5.56 Å². The molecule has 1 amide bonds. The smallest absolute Gasteiger partial charge is 0.255 e. The van der Waals surface area contributed by atoms with E-state index in [1.165, 1.54) is 0 Å². The second-order valence-corrected chi connectivity index (χ2v) is 6.49. The molecule has 0 saturated carbocycles. The molecule has 5 heteroatoms. The van der Waals surface area contributed by atoms with Crippen LogP contribution in [-0.4, -0.2) is 48.9 Å². The number of hydrogen-bond donors (Lipinski definition) is 1. The molecule has 0 N–H and O–H groups in total. The van der Waals surface area contributed by atoms with Crippen molar-refractivity contribution in [3.8, 4) is 0 Å². The van der Waals surface area contributed by atoms with Crippen LogP contribution >= 0.6 is 28.6 Å². The fourth-order valence-corrected chi connectivity index (χ4v) is 3.04. The van der Waals surface area contributed by atoms with Crippen molar-refractivity contribution < 1.29 is 4.79 Å². The van der Waals surface area contributed by atoms with E-state index in [2.05, 4.69) is 40.5 Å². The first-order valence-electron chi connectivity index (χ1n) is 6.43. The molecule has 0 aliphatic carbocycles. The van der Waals surface area contributed by atoms with Crippen LogP contribution in [0.5, 0.6) is 0 Å². The molecule has 19 heavy (non-hydrogen) atoms. The van der Waals surface area contributed by atoms with Crippen LogP contribution in [-0.2, 0) is 0 Å². The zero-order chi connectivity index (χ0) is 14.0. The Bertz CT molecular complexity index is 473. The van der Waals surface area contributed by atoms with Gasteiger partial charge in [-0.2, -0.15) is 0 Å². The van der Waals surface area contributed by atoms with Crippen molar-refractivity contribution in [3.05, 3.63) is 28.2 Å². The average Bonchev–Trinajstić information content (AvgIpc) is 2.41. The SMILES string of the molecule is CN1CCC(N(C)C(=O)c2cc(S)ccc2Br)CC1. The number of carbonyl (C=O) groups excluding carboxylic acids is 1. The maximum Gasteiger partial charge on any atom is 0.255 e. The summed E-state index contributed by atoms with van der Waals surface area (Å²) in [5.74, 6) is 0.0670. The first-order chi connectivity index (χ1) is 8.99. The normalized spacial score (nSPS) is 17.5. The predicted molar refractivity (Wildman–Crippen MR) is 84.0 cm³/mol. The summed E-state index contributed by atoms with van der Waals surface area (Å²) in [5.41, 5.74) is 0.689. The molecule has 3 nitrogen and oxygen atoms in total. The number of amides is 1. The van der Waals surface area contributed by atoms with Gasteiger partial charge in [-0.15, -0.1) is 12.6 Å². The number of benzene rings is 1. The van der Waals surface area contributed by atoms with Gasteiger partial charge in [0.1, 0.15) is 0 Å². The zero-order valence-electron chi connectivity index (χ0n) is 11.3. The predicted octanol–water partition coefficient (Wildman–Crippen LogP) is 2.90. The van der Waals surface area contributed by atoms with Crippen molar-refractivity contribution in [2.45, 2.75) is 23.8 Å². The van der Waals surface area contributed by atoms with Crippen molar-refractivity contribution in [1.82, 2.24) is 9.80 Å². The highest BCUT2D eigenvalue weighted by molar-refractivity contribution is 9.10. The quantitative estimate of drug-likeness (QED) is 0.835. The molecule has 1 fully saturated rings. The van der Waals surface area contributed by atoms with E-state index in [0.29, 0.717) is 11.6 Å². The average molecular weight is 343 g/mol. The summed E-state index contributed by atoms with van der Waals surface area (Å²) in [6.07, 6.45) is 2.08. The Balaban J connectivity index is 2.12. The van der Waals surface area contributed by atoms with Gasteiger partial charge in [0.25, 0.3) is 5.91 Å². The van der Waals surface area contributed by atoms with Crippen molar-refractivity contribution in [1.29, 1.82) is 0 Å². The number of rotatable bonds is 2. The molecule has 104 valence electrons. The van der Waals surface area contributed by atoms with E-state index >= 15 is 0 Å². The fourth-order valence-electron chi connectivity index (χ4n) is 2.42. The minimum absolute atomic E-state index is 0.0670. The molecule has 1 aliphatic rings. The van der Waals surface area contributed by atoms with E-state index in [4.69, 9.17) is 0 Å². The van der Waals surface area contributed by atoms with E-state index in [9.17, 15) is 4.79 Å². The van der Waals surface area contributed by atoms with Gasteiger partial charge in [-0.3, -0.25) is 4.79 Å². The van der Waals surface area contributed by atoms with E-state index < -0.39 is 0 Å². The molecule has 0 aromatic heterocycles. The lowest BCUT2D eigenvalue weighted by atomic mass is 10.0. The summed E-state index contributed by atoms with van der Waals surface area (Å²) < 4.78 is 0.829. The molecule has 1 aliphatic heterocycles. The Morgan fingerprint density at radius 1 is 1.42 bits per heavy atom. The van der Waals surface area contributed by atoms with E-state index in [-0.39, 0.29) is 5.91 Å². The van der Waals surface area contributed by atoms with Crippen LogP contribution in [0.4, 0.5) is 0 Å². The van der Waals surface area contributed by atoms with Gasteiger partial charge >= 0.3 is 0 Å². The fraction of sp³-hybridized carbons (Fsp3) is 0.500. The second kappa shape index (κ2) is 6.29. The Morgan fingerprint density at radius 3 is 2.68 bits per heavy atom. The summed E-state index contributed by atoms with van der Waals surface area (Å²) in [7, 11) is 4.02. The first-order valence-corrected chi connectivity index (χ1v) is 7.67. The molecule has 1 aromatic carbocycles.